The average molecular weight is 375 g/mol. The topological polar surface area (TPSA) is 79.8 Å². The number of nitrogens with one attached hydrogen (secondary N) is 1. The van der Waals surface area contributed by atoms with E-state index in [4.69, 9.17) is 14.5 Å². The second-order valence-electron chi connectivity index (χ2n) is 7.48. The molecule has 0 aliphatic carbocycles. The third-order valence-corrected chi connectivity index (χ3v) is 5.75. The summed E-state index contributed by atoms with van der Waals surface area (Å²) in [6.07, 6.45) is 3.59. The average Bonchev–Trinajstić information content (AvgIpc) is 2.74. The van der Waals surface area contributed by atoms with Gasteiger partial charge in [-0.2, -0.15) is 0 Å². The van der Waals surface area contributed by atoms with E-state index in [2.05, 4.69) is 15.2 Å². The standard InChI is InChI=1S/C19H29N5O3/c1-14-17(20-6-11-27-14)19(25)24-7-3-15(4-8-24)18-21-5-2-16(22-18)23-9-12-26-13-10-23/h2,5,14-15,17,20H,3-4,6-13H2,1H3/t14-,17+/m1/s1. The zero-order valence-electron chi connectivity index (χ0n) is 16.0. The highest BCUT2D eigenvalue weighted by Gasteiger charge is 2.34. The van der Waals surface area contributed by atoms with E-state index in [0.29, 0.717) is 12.5 Å². The van der Waals surface area contributed by atoms with Crippen molar-refractivity contribution in [1.29, 1.82) is 0 Å². The Morgan fingerprint density at radius 3 is 2.70 bits per heavy atom. The molecule has 4 rings (SSSR count). The Balaban J connectivity index is 1.35. The molecule has 3 aliphatic heterocycles. The number of carbonyl (C=O) groups is 1. The summed E-state index contributed by atoms with van der Waals surface area (Å²) >= 11 is 0. The molecule has 0 saturated carbocycles. The minimum absolute atomic E-state index is 0.0717. The maximum absolute atomic E-state index is 12.8. The van der Waals surface area contributed by atoms with Crippen LogP contribution in [0.4, 0.5) is 5.82 Å². The fraction of sp³-hybridized carbons (Fsp3) is 0.737. The molecule has 2 atom stereocenters. The number of rotatable bonds is 3. The van der Waals surface area contributed by atoms with Crippen LogP contribution in [0.3, 0.4) is 0 Å². The van der Waals surface area contributed by atoms with Gasteiger partial charge in [-0.3, -0.25) is 4.79 Å². The fourth-order valence-electron chi connectivity index (χ4n) is 4.09. The van der Waals surface area contributed by atoms with Crippen LogP contribution < -0.4 is 10.2 Å². The van der Waals surface area contributed by atoms with E-state index in [1.807, 2.05) is 24.1 Å². The predicted octanol–water partition coefficient (Wildman–Crippen LogP) is 0.396. The van der Waals surface area contributed by atoms with Crippen LogP contribution >= 0.6 is 0 Å². The maximum atomic E-state index is 12.8. The Bertz CT molecular complexity index is 644. The highest BCUT2D eigenvalue weighted by atomic mass is 16.5. The van der Waals surface area contributed by atoms with E-state index in [1.165, 1.54) is 0 Å². The first kappa shape index (κ1) is 18.6. The van der Waals surface area contributed by atoms with E-state index < -0.39 is 0 Å². The Kier molecular flexibility index (Phi) is 5.85. The summed E-state index contributed by atoms with van der Waals surface area (Å²) in [5.74, 6) is 2.35. The van der Waals surface area contributed by atoms with Gasteiger partial charge in [0.05, 0.1) is 25.9 Å². The highest BCUT2D eigenvalue weighted by molar-refractivity contribution is 5.82. The number of ether oxygens (including phenoxy) is 2. The number of amides is 1. The van der Waals surface area contributed by atoms with E-state index >= 15 is 0 Å². The van der Waals surface area contributed by atoms with Crippen molar-refractivity contribution >= 4 is 11.7 Å². The molecule has 0 bridgehead atoms. The van der Waals surface area contributed by atoms with Gasteiger partial charge in [0, 0.05) is 44.8 Å². The molecule has 27 heavy (non-hydrogen) atoms. The largest absolute Gasteiger partial charge is 0.378 e. The summed E-state index contributed by atoms with van der Waals surface area (Å²) in [5, 5.41) is 3.30. The van der Waals surface area contributed by atoms with Crippen LogP contribution in [-0.4, -0.2) is 85.5 Å². The van der Waals surface area contributed by atoms with Gasteiger partial charge in [0.1, 0.15) is 17.7 Å². The fourth-order valence-corrected chi connectivity index (χ4v) is 4.09. The molecule has 1 aromatic heterocycles. The molecule has 3 aliphatic rings. The maximum Gasteiger partial charge on any atom is 0.242 e. The third kappa shape index (κ3) is 4.23. The van der Waals surface area contributed by atoms with Gasteiger partial charge in [0.25, 0.3) is 0 Å². The quantitative estimate of drug-likeness (QED) is 0.819. The van der Waals surface area contributed by atoms with Gasteiger partial charge < -0.3 is 24.6 Å². The lowest BCUT2D eigenvalue weighted by atomic mass is 9.95. The van der Waals surface area contributed by atoms with E-state index in [-0.39, 0.29) is 18.1 Å². The summed E-state index contributed by atoms with van der Waals surface area (Å²) in [7, 11) is 0. The lowest BCUT2D eigenvalue weighted by Gasteiger charge is -2.37. The molecule has 1 N–H and O–H groups in total. The van der Waals surface area contributed by atoms with Crippen LogP contribution in [0.5, 0.6) is 0 Å². The minimum atomic E-state index is -0.226. The van der Waals surface area contributed by atoms with Gasteiger partial charge in [0.2, 0.25) is 5.91 Å². The first-order valence-corrected chi connectivity index (χ1v) is 10.0. The number of anilines is 1. The van der Waals surface area contributed by atoms with Crippen molar-refractivity contribution in [3.63, 3.8) is 0 Å². The van der Waals surface area contributed by atoms with Gasteiger partial charge in [-0.25, -0.2) is 9.97 Å². The highest BCUT2D eigenvalue weighted by Crippen LogP contribution is 2.27. The molecule has 1 amide bonds. The van der Waals surface area contributed by atoms with Crippen LogP contribution in [-0.2, 0) is 14.3 Å². The molecule has 0 radical (unpaired) electrons. The number of carbonyl (C=O) groups excluding carboxylic acids is 1. The molecular weight excluding hydrogens is 346 g/mol. The van der Waals surface area contributed by atoms with Gasteiger partial charge in [0.15, 0.2) is 0 Å². The van der Waals surface area contributed by atoms with Gasteiger partial charge in [-0.1, -0.05) is 0 Å². The van der Waals surface area contributed by atoms with E-state index in [9.17, 15) is 4.79 Å². The number of piperidine rings is 1. The molecule has 8 heteroatoms. The minimum Gasteiger partial charge on any atom is -0.378 e. The van der Waals surface area contributed by atoms with Crippen LogP contribution in [0.1, 0.15) is 31.5 Å². The number of likely N-dealkylation sites (tertiary alicyclic amines) is 1. The monoisotopic (exact) mass is 375 g/mol. The number of aromatic nitrogens is 2. The number of morpholine rings is 2. The van der Waals surface area contributed by atoms with Crippen LogP contribution in [0.25, 0.3) is 0 Å². The number of hydrogen-bond donors (Lipinski definition) is 1. The van der Waals surface area contributed by atoms with Gasteiger partial charge in [-0.05, 0) is 25.8 Å². The lowest BCUT2D eigenvalue weighted by Crippen LogP contribution is -2.57. The van der Waals surface area contributed by atoms with Crippen LogP contribution in [0, 0.1) is 0 Å². The molecule has 3 saturated heterocycles. The van der Waals surface area contributed by atoms with Crippen molar-refractivity contribution in [1.82, 2.24) is 20.2 Å². The van der Waals surface area contributed by atoms with E-state index in [1.54, 1.807) is 0 Å². The second-order valence-corrected chi connectivity index (χ2v) is 7.48. The van der Waals surface area contributed by atoms with Crippen molar-refractivity contribution in [2.24, 2.45) is 0 Å². The predicted molar refractivity (Wildman–Crippen MR) is 101 cm³/mol. The van der Waals surface area contributed by atoms with Crippen molar-refractivity contribution in [2.75, 3.05) is 57.4 Å². The molecule has 8 nitrogen and oxygen atoms in total. The molecule has 1 aromatic rings. The summed E-state index contributed by atoms with van der Waals surface area (Å²) in [4.78, 5) is 26.4. The SMILES string of the molecule is C[C@H]1OCCN[C@@H]1C(=O)N1CCC(c2nccc(N3CCOCC3)n2)CC1. The van der Waals surface area contributed by atoms with Crippen molar-refractivity contribution in [3.05, 3.63) is 18.1 Å². The number of nitrogens with zero attached hydrogens (tertiary/aromatic N) is 4. The molecule has 0 aromatic carbocycles. The zero-order chi connectivity index (χ0) is 18.6. The van der Waals surface area contributed by atoms with Gasteiger partial charge >= 0.3 is 0 Å². The second kappa shape index (κ2) is 8.50. The summed E-state index contributed by atoms with van der Waals surface area (Å²) < 4.78 is 11.0. The Morgan fingerprint density at radius 1 is 1.19 bits per heavy atom. The summed E-state index contributed by atoms with van der Waals surface area (Å²) in [5.41, 5.74) is 0. The van der Waals surface area contributed by atoms with Crippen LogP contribution in [0.2, 0.25) is 0 Å². The normalized spacial score (nSPS) is 27.6. The third-order valence-electron chi connectivity index (χ3n) is 5.75. The van der Waals surface area contributed by atoms with Crippen molar-refractivity contribution in [3.8, 4) is 0 Å². The van der Waals surface area contributed by atoms with E-state index in [0.717, 1.165) is 70.4 Å². The Hall–Kier alpha value is -1.77. The molecule has 148 valence electrons. The molecular formula is C19H29N5O3. The van der Waals surface area contributed by atoms with Gasteiger partial charge in [-0.15, -0.1) is 0 Å². The van der Waals surface area contributed by atoms with Crippen molar-refractivity contribution in [2.45, 2.75) is 37.8 Å². The molecule has 0 spiro atoms. The first-order chi connectivity index (χ1) is 13.2. The van der Waals surface area contributed by atoms with Crippen molar-refractivity contribution < 1.29 is 14.3 Å². The van der Waals surface area contributed by atoms with Crippen LogP contribution in [0.15, 0.2) is 12.3 Å². The molecule has 4 heterocycles. The Labute approximate surface area is 160 Å². The molecule has 0 unspecified atom stereocenters. The smallest absolute Gasteiger partial charge is 0.242 e. The lowest BCUT2D eigenvalue weighted by molar-refractivity contribution is -0.140. The molecule has 3 fully saturated rings. The summed E-state index contributed by atoms with van der Waals surface area (Å²) in [6, 6.07) is 1.75. The zero-order valence-corrected chi connectivity index (χ0v) is 16.0. The number of hydrogen-bond acceptors (Lipinski definition) is 7. The summed E-state index contributed by atoms with van der Waals surface area (Å²) in [6.45, 7) is 8.11. The first-order valence-electron chi connectivity index (χ1n) is 10.0. The Morgan fingerprint density at radius 2 is 1.96 bits per heavy atom.